The smallest absolute Gasteiger partial charge is 0.242 e. The van der Waals surface area contributed by atoms with E-state index in [1.54, 1.807) is 31.1 Å². The van der Waals surface area contributed by atoms with Crippen molar-refractivity contribution in [2.24, 2.45) is 17.8 Å². The lowest BCUT2D eigenvalue weighted by atomic mass is 9.90. The van der Waals surface area contributed by atoms with Crippen LogP contribution in [-0.2, 0) is 11.8 Å². The van der Waals surface area contributed by atoms with E-state index in [9.17, 15) is 10.1 Å². The number of aromatic nitrogens is 2. The van der Waals surface area contributed by atoms with Crippen LogP contribution >= 0.6 is 11.8 Å². The van der Waals surface area contributed by atoms with Crippen LogP contribution in [0.4, 0.5) is 0 Å². The van der Waals surface area contributed by atoms with Gasteiger partial charge >= 0.3 is 0 Å². The van der Waals surface area contributed by atoms with Crippen molar-refractivity contribution in [3.05, 3.63) is 81.4 Å². The van der Waals surface area contributed by atoms with Crippen LogP contribution in [-0.4, -0.2) is 33.6 Å². The Bertz CT molecular complexity index is 1410. The number of rotatable bonds is 2. The summed E-state index contributed by atoms with van der Waals surface area (Å²) in [4.78, 5) is 20.4. The monoisotopic (exact) mass is 440 g/mol. The molecule has 158 valence electrons. The first-order valence-electron chi connectivity index (χ1n) is 10.1. The van der Waals surface area contributed by atoms with Gasteiger partial charge in [0, 0.05) is 30.8 Å². The van der Waals surface area contributed by atoms with Crippen LogP contribution in [0.5, 0.6) is 0 Å². The number of fused-ring (bicyclic) bond motifs is 1. The van der Waals surface area contributed by atoms with Gasteiger partial charge in [-0.2, -0.15) is 10.4 Å². The zero-order valence-electron chi connectivity index (χ0n) is 17.6. The summed E-state index contributed by atoms with van der Waals surface area (Å²) in [5.41, 5.74) is 11.3. The molecule has 0 aliphatic carbocycles. The molecule has 3 aromatic rings. The van der Waals surface area contributed by atoms with Gasteiger partial charge in [0.1, 0.15) is 5.92 Å². The van der Waals surface area contributed by atoms with Crippen molar-refractivity contribution in [3.63, 3.8) is 0 Å². The fourth-order valence-electron chi connectivity index (χ4n) is 4.08. The van der Waals surface area contributed by atoms with Crippen molar-refractivity contribution in [2.75, 3.05) is 7.05 Å². The Morgan fingerprint density at radius 3 is 2.88 bits per heavy atom. The van der Waals surface area contributed by atoms with Crippen LogP contribution in [0.25, 0.3) is 16.5 Å². The van der Waals surface area contributed by atoms with E-state index < -0.39 is 5.92 Å². The zero-order chi connectivity index (χ0) is 22.4. The number of nitrogens with zero attached hydrogens (tertiary/aromatic N) is 5. The van der Waals surface area contributed by atoms with Crippen LogP contribution in [0.2, 0.25) is 0 Å². The summed E-state index contributed by atoms with van der Waals surface area (Å²) in [5, 5.41) is 16.6. The van der Waals surface area contributed by atoms with Gasteiger partial charge in [-0.15, -0.1) is 0 Å². The summed E-state index contributed by atoms with van der Waals surface area (Å²) in [6.07, 6.45) is 2.43. The van der Waals surface area contributed by atoms with Crippen LogP contribution in [0, 0.1) is 11.3 Å². The fourth-order valence-corrected chi connectivity index (χ4v) is 5.11. The molecule has 2 N–H and O–H groups in total. The highest BCUT2D eigenvalue weighted by Crippen LogP contribution is 2.46. The third-order valence-corrected chi connectivity index (χ3v) is 6.92. The van der Waals surface area contributed by atoms with E-state index in [0.717, 1.165) is 32.5 Å². The maximum absolute atomic E-state index is 13.3. The Hall–Kier alpha value is -3.83. The van der Waals surface area contributed by atoms with Gasteiger partial charge in [0.2, 0.25) is 11.9 Å². The number of carbonyl (C=O) groups excluding carboxylic acids is 1. The van der Waals surface area contributed by atoms with Gasteiger partial charge < -0.3 is 5.73 Å². The van der Waals surface area contributed by atoms with Crippen LogP contribution in [0.1, 0.15) is 29.0 Å². The Balaban J connectivity index is 1.57. The van der Waals surface area contributed by atoms with Crippen molar-refractivity contribution >= 4 is 40.1 Å². The highest BCUT2D eigenvalue weighted by atomic mass is 32.2. The van der Waals surface area contributed by atoms with E-state index >= 15 is 0 Å². The molecule has 2 aromatic carbocycles. The molecule has 1 aromatic heterocycles. The number of thioether (sulfide) groups is 1. The molecule has 32 heavy (non-hydrogen) atoms. The molecule has 0 saturated carbocycles. The third kappa shape index (κ3) is 3.27. The third-order valence-electron chi connectivity index (χ3n) is 5.88. The van der Waals surface area contributed by atoms with E-state index in [1.165, 1.54) is 4.90 Å². The molecule has 2 aliphatic heterocycles. The average molecular weight is 441 g/mol. The van der Waals surface area contributed by atoms with Gasteiger partial charge in [-0.25, -0.2) is 4.99 Å². The molecule has 1 atom stereocenters. The Kier molecular flexibility index (Phi) is 4.83. The Morgan fingerprint density at radius 1 is 1.22 bits per heavy atom. The molecule has 0 unspecified atom stereocenters. The standard InChI is InChI=1S/C24H20N6OS/c1-29-23(31)21(16-6-7-19-17(9-16)12-27-30(19)2)22(28-24(29)26)20-10-18(13-32-20)15-5-3-4-14(8-15)11-25/h3-9,12-13,21H,10H2,1-2H3,(H2,26,28)/b22-20+/t21-/m1/s1. The summed E-state index contributed by atoms with van der Waals surface area (Å²) in [6.45, 7) is 0. The summed E-state index contributed by atoms with van der Waals surface area (Å²) >= 11 is 1.56. The van der Waals surface area contributed by atoms with E-state index in [-0.39, 0.29) is 11.9 Å². The molecule has 0 radical (unpaired) electrons. The predicted molar refractivity (Wildman–Crippen MR) is 126 cm³/mol. The van der Waals surface area contributed by atoms with E-state index in [2.05, 4.69) is 21.6 Å². The maximum Gasteiger partial charge on any atom is 0.242 e. The molecule has 7 nitrogen and oxygen atoms in total. The largest absolute Gasteiger partial charge is 0.369 e. The molecule has 8 heteroatoms. The molecule has 5 rings (SSSR count). The predicted octanol–water partition coefficient (Wildman–Crippen LogP) is 3.70. The lowest BCUT2D eigenvalue weighted by molar-refractivity contribution is -0.127. The minimum Gasteiger partial charge on any atom is -0.369 e. The number of likely N-dealkylation sites (N-methyl/N-ethyl adjacent to an activating group) is 1. The number of nitriles is 1. The van der Waals surface area contributed by atoms with E-state index in [4.69, 9.17) is 5.73 Å². The quantitative estimate of drug-likeness (QED) is 0.655. The van der Waals surface area contributed by atoms with Crippen molar-refractivity contribution < 1.29 is 4.79 Å². The lowest BCUT2D eigenvalue weighted by Gasteiger charge is -2.30. The molecule has 0 fully saturated rings. The first-order valence-corrected chi connectivity index (χ1v) is 11.0. The summed E-state index contributed by atoms with van der Waals surface area (Å²) in [6, 6.07) is 15.7. The number of hydrogen-bond acceptors (Lipinski definition) is 6. The van der Waals surface area contributed by atoms with Crippen LogP contribution < -0.4 is 5.73 Å². The molecular formula is C24H20N6OS. The molecule has 0 saturated heterocycles. The van der Waals surface area contributed by atoms with Crippen LogP contribution in [0.3, 0.4) is 0 Å². The lowest BCUT2D eigenvalue weighted by Crippen LogP contribution is -2.45. The van der Waals surface area contributed by atoms with Crippen molar-refractivity contribution in [3.8, 4) is 6.07 Å². The first-order chi connectivity index (χ1) is 15.5. The van der Waals surface area contributed by atoms with Gasteiger partial charge in [0.15, 0.2) is 0 Å². The second kappa shape index (κ2) is 7.70. The number of carbonyl (C=O) groups is 1. The number of guanidine groups is 1. The number of aryl methyl sites for hydroxylation is 1. The topological polar surface area (TPSA) is 100 Å². The number of hydrogen-bond donors (Lipinski definition) is 1. The average Bonchev–Trinajstić information content (AvgIpc) is 3.44. The molecule has 0 bridgehead atoms. The van der Waals surface area contributed by atoms with Crippen molar-refractivity contribution in [1.82, 2.24) is 14.7 Å². The van der Waals surface area contributed by atoms with Gasteiger partial charge in [-0.3, -0.25) is 14.4 Å². The second-order valence-electron chi connectivity index (χ2n) is 7.83. The van der Waals surface area contributed by atoms with Crippen LogP contribution in [0.15, 0.2) is 69.7 Å². The Labute approximate surface area is 189 Å². The normalized spacial score (nSPS) is 21.0. The molecule has 0 spiro atoms. The molecule has 1 amide bonds. The highest BCUT2D eigenvalue weighted by molar-refractivity contribution is 8.06. The number of nitrogens with two attached hydrogens (primary N) is 1. The number of aliphatic imine (C=N–C) groups is 1. The van der Waals surface area contributed by atoms with Gasteiger partial charge in [0.05, 0.1) is 29.0 Å². The Morgan fingerprint density at radius 2 is 2.06 bits per heavy atom. The fraction of sp³-hybridized carbons (Fsp3) is 0.167. The summed E-state index contributed by atoms with van der Waals surface area (Å²) in [5.74, 6) is -0.460. The van der Waals surface area contributed by atoms with E-state index in [1.807, 2.05) is 48.1 Å². The number of benzene rings is 2. The molecule has 2 aliphatic rings. The SMILES string of the molecule is CN1C(=O)[C@H](c2ccc3c(cnn3C)c2)/C(=C2/CC(c3cccc(C#N)c3)=CS2)N=C1N. The summed E-state index contributed by atoms with van der Waals surface area (Å²) in [7, 11) is 3.54. The minimum atomic E-state index is -0.544. The van der Waals surface area contributed by atoms with Gasteiger partial charge in [-0.05, 0) is 46.4 Å². The maximum atomic E-state index is 13.3. The van der Waals surface area contributed by atoms with Crippen molar-refractivity contribution in [2.45, 2.75) is 12.3 Å². The van der Waals surface area contributed by atoms with E-state index in [0.29, 0.717) is 17.7 Å². The summed E-state index contributed by atoms with van der Waals surface area (Å²) < 4.78 is 1.81. The van der Waals surface area contributed by atoms with Crippen molar-refractivity contribution in [1.29, 1.82) is 5.26 Å². The van der Waals surface area contributed by atoms with Gasteiger partial charge in [-0.1, -0.05) is 30.0 Å². The first kappa shape index (κ1) is 20.1. The number of amides is 1. The zero-order valence-corrected chi connectivity index (χ0v) is 18.4. The molecule has 3 heterocycles. The second-order valence-corrected chi connectivity index (χ2v) is 8.79. The minimum absolute atomic E-state index is 0.108. The number of allylic oxidation sites excluding steroid dienone is 2. The highest BCUT2D eigenvalue weighted by Gasteiger charge is 2.36. The van der Waals surface area contributed by atoms with Gasteiger partial charge in [0.25, 0.3) is 0 Å². The molecular weight excluding hydrogens is 420 g/mol.